The molecule has 2 N–H and O–H groups in total. The molecule has 3 aliphatic rings. The number of alkyl halides is 3. The molecule has 2 heterocycles. The number of likely N-dealkylation sites (tertiary alicyclic amines) is 1. The van der Waals surface area contributed by atoms with Crippen molar-refractivity contribution in [3.8, 4) is 0 Å². The SMILES string of the molecule is CCC(C(=O)N1CCCC(CNC(=O)NC2CC2)C1)N1C(=O)c2ccc(C(F)(F)F)cc21. The van der Waals surface area contributed by atoms with Gasteiger partial charge in [0, 0.05) is 25.7 Å². The molecule has 4 rings (SSSR count). The van der Waals surface area contributed by atoms with Crippen LogP contribution in [-0.4, -0.2) is 54.5 Å². The molecular formula is C22H27F3N4O3. The van der Waals surface area contributed by atoms with Crippen molar-refractivity contribution >= 4 is 23.5 Å². The molecule has 0 bridgehead atoms. The first-order valence-corrected chi connectivity index (χ1v) is 11.1. The van der Waals surface area contributed by atoms with Gasteiger partial charge in [0.2, 0.25) is 5.91 Å². The first kappa shape index (κ1) is 22.4. The maximum atomic E-state index is 13.2. The van der Waals surface area contributed by atoms with Gasteiger partial charge in [-0.3, -0.25) is 14.5 Å². The lowest BCUT2D eigenvalue weighted by molar-refractivity contribution is -0.137. The molecule has 1 aromatic carbocycles. The maximum Gasteiger partial charge on any atom is 0.416 e. The van der Waals surface area contributed by atoms with E-state index in [1.807, 2.05) is 0 Å². The fourth-order valence-corrected chi connectivity index (χ4v) is 4.40. The third-order valence-corrected chi connectivity index (χ3v) is 6.31. The van der Waals surface area contributed by atoms with E-state index in [0.29, 0.717) is 26.1 Å². The average molecular weight is 452 g/mol. The van der Waals surface area contributed by atoms with Crippen molar-refractivity contribution in [1.82, 2.24) is 15.5 Å². The molecule has 1 saturated heterocycles. The van der Waals surface area contributed by atoms with E-state index < -0.39 is 23.7 Å². The number of carbonyl (C=O) groups is 3. The van der Waals surface area contributed by atoms with Crippen LogP contribution >= 0.6 is 0 Å². The van der Waals surface area contributed by atoms with Crippen LogP contribution in [0.4, 0.5) is 23.7 Å². The van der Waals surface area contributed by atoms with Gasteiger partial charge in [0.05, 0.1) is 16.8 Å². The number of nitrogens with zero attached hydrogens (tertiary/aromatic N) is 2. The second kappa shape index (κ2) is 8.63. The summed E-state index contributed by atoms with van der Waals surface area (Å²) >= 11 is 0. The van der Waals surface area contributed by atoms with E-state index in [2.05, 4.69) is 10.6 Å². The molecule has 2 atom stereocenters. The zero-order chi connectivity index (χ0) is 23.0. The van der Waals surface area contributed by atoms with Crippen LogP contribution < -0.4 is 15.5 Å². The van der Waals surface area contributed by atoms with Crippen LogP contribution in [0, 0.1) is 5.92 Å². The van der Waals surface area contributed by atoms with Gasteiger partial charge in [-0.05, 0) is 56.2 Å². The van der Waals surface area contributed by atoms with Crippen molar-refractivity contribution in [3.05, 3.63) is 29.3 Å². The van der Waals surface area contributed by atoms with Gasteiger partial charge in [-0.1, -0.05) is 6.92 Å². The number of carbonyl (C=O) groups excluding carboxylic acids is 3. The second-order valence-electron chi connectivity index (χ2n) is 8.75. The molecule has 1 aliphatic carbocycles. The van der Waals surface area contributed by atoms with Gasteiger partial charge < -0.3 is 15.5 Å². The van der Waals surface area contributed by atoms with E-state index in [1.165, 1.54) is 11.0 Å². The minimum Gasteiger partial charge on any atom is -0.341 e. The number of nitrogens with one attached hydrogen (secondary N) is 2. The van der Waals surface area contributed by atoms with E-state index >= 15 is 0 Å². The molecule has 2 unspecified atom stereocenters. The number of rotatable bonds is 6. The lowest BCUT2D eigenvalue weighted by Crippen LogP contribution is -2.57. The summed E-state index contributed by atoms with van der Waals surface area (Å²) in [6.45, 7) is 3.15. The second-order valence-corrected chi connectivity index (χ2v) is 8.75. The molecule has 2 fully saturated rings. The maximum absolute atomic E-state index is 13.2. The summed E-state index contributed by atoms with van der Waals surface area (Å²) in [5.74, 6) is -0.608. The summed E-state index contributed by atoms with van der Waals surface area (Å²) in [5.41, 5.74) is -0.492. The summed E-state index contributed by atoms with van der Waals surface area (Å²) in [6.07, 6.45) is -0.597. The van der Waals surface area contributed by atoms with Gasteiger partial charge in [-0.15, -0.1) is 0 Å². The number of fused-ring (bicyclic) bond motifs is 1. The molecule has 0 aromatic heterocycles. The van der Waals surface area contributed by atoms with E-state index in [9.17, 15) is 27.6 Å². The van der Waals surface area contributed by atoms with Crippen LogP contribution in [0.25, 0.3) is 0 Å². The number of piperidine rings is 1. The largest absolute Gasteiger partial charge is 0.416 e. The molecule has 1 saturated carbocycles. The third-order valence-electron chi connectivity index (χ3n) is 6.31. The Bertz CT molecular complexity index is 916. The van der Waals surface area contributed by atoms with Crippen LogP contribution in [0.5, 0.6) is 0 Å². The summed E-state index contributed by atoms with van der Waals surface area (Å²) in [5, 5.41) is 5.71. The van der Waals surface area contributed by atoms with Gasteiger partial charge in [-0.2, -0.15) is 13.2 Å². The van der Waals surface area contributed by atoms with Crippen molar-refractivity contribution in [3.63, 3.8) is 0 Å². The Morgan fingerprint density at radius 3 is 2.62 bits per heavy atom. The Morgan fingerprint density at radius 1 is 1.22 bits per heavy atom. The highest BCUT2D eigenvalue weighted by Gasteiger charge is 2.44. The lowest BCUT2D eigenvalue weighted by atomic mass is 9.93. The number of amides is 4. The van der Waals surface area contributed by atoms with Gasteiger partial charge >= 0.3 is 12.2 Å². The monoisotopic (exact) mass is 452 g/mol. The lowest BCUT2D eigenvalue weighted by Gasteiger charge is -2.42. The molecule has 0 radical (unpaired) electrons. The van der Waals surface area contributed by atoms with Crippen molar-refractivity contribution in [2.75, 3.05) is 24.5 Å². The highest BCUT2D eigenvalue weighted by atomic mass is 19.4. The third kappa shape index (κ3) is 4.54. The predicted molar refractivity (Wildman–Crippen MR) is 111 cm³/mol. The molecule has 0 spiro atoms. The zero-order valence-electron chi connectivity index (χ0n) is 17.9. The summed E-state index contributed by atoms with van der Waals surface area (Å²) in [6, 6.07) is 2.21. The van der Waals surface area contributed by atoms with Crippen LogP contribution in [0.2, 0.25) is 0 Å². The Morgan fingerprint density at radius 2 is 1.97 bits per heavy atom. The van der Waals surface area contributed by atoms with Crippen LogP contribution in [0.15, 0.2) is 18.2 Å². The molecular weight excluding hydrogens is 425 g/mol. The molecule has 1 aromatic rings. The van der Waals surface area contributed by atoms with E-state index in [4.69, 9.17) is 0 Å². The number of hydrogen-bond donors (Lipinski definition) is 2. The average Bonchev–Trinajstić information content (AvgIpc) is 3.58. The fourth-order valence-electron chi connectivity index (χ4n) is 4.40. The highest BCUT2D eigenvalue weighted by molar-refractivity contribution is 6.22. The smallest absolute Gasteiger partial charge is 0.341 e. The molecule has 4 amide bonds. The van der Waals surface area contributed by atoms with Gasteiger partial charge in [0.15, 0.2) is 0 Å². The topological polar surface area (TPSA) is 81.8 Å². The Balaban J connectivity index is 1.41. The molecule has 174 valence electrons. The predicted octanol–water partition coefficient (Wildman–Crippen LogP) is 3.14. The van der Waals surface area contributed by atoms with E-state index in [0.717, 1.165) is 37.8 Å². The van der Waals surface area contributed by atoms with Crippen LogP contribution in [0.1, 0.15) is 54.9 Å². The zero-order valence-corrected chi connectivity index (χ0v) is 17.9. The first-order valence-electron chi connectivity index (χ1n) is 11.1. The quantitative estimate of drug-likeness (QED) is 0.696. The molecule has 2 aliphatic heterocycles. The molecule has 10 heteroatoms. The standard InChI is InChI=1S/C22H27F3N4O3/c1-2-17(29-18-10-14(22(23,24)25)5-8-16(18)19(29)30)20(31)28-9-3-4-13(12-28)11-26-21(32)27-15-6-7-15/h5,8,10,13,15,17H,2-4,6-7,9,11-12H2,1H3,(H2,26,27,32). The molecule has 7 nitrogen and oxygen atoms in total. The van der Waals surface area contributed by atoms with Crippen LogP contribution in [0.3, 0.4) is 0 Å². The van der Waals surface area contributed by atoms with Gasteiger partial charge in [0.1, 0.15) is 6.04 Å². The minimum atomic E-state index is -4.52. The fraction of sp³-hybridized carbons (Fsp3) is 0.591. The van der Waals surface area contributed by atoms with Crippen molar-refractivity contribution < 1.29 is 27.6 Å². The highest BCUT2D eigenvalue weighted by Crippen LogP contribution is 2.40. The van der Waals surface area contributed by atoms with Crippen LogP contribution in [-0.2, 0) is 11.0 Å². The normalized spacial score (nSPS) is 21.5. The van der Waals surface area contributed by atoms with Gasteiger partial charge in [-0.25, -0.2) is 4.79 Å². The van der Waals surface area contributed by atoms with Gasteiger partial charge in [0.25, 0.3) is 5.91 Å². The van der Waals surface area contributed by atoms with Crippen molar-refractivity contribution in [2.24, 2.45) is 5.92 Å². The Hall–Kier alpha value is -2.78. The summed E-state index contributed by atoms with van der Waals surface area (Å²) in [7, 11) is 0. The first-order chi connectivity index (χ1) is 15.2. The summed E-state index contributed by atoms with van der Waals surface area (Å²) in [4.78, 5) is 40.5. The number of hydrogen-bond acceptors (Lipinski definition) is 3. The van der Waals surface area contributed by atoms with E-state index in [-0.39, 0.29) is 35.1 Å². The summed E-state index contributed by atoms with van der Waals surface area (Å²) < 4.78 is 39.3. The number of halogens is 3. The molecule has 32 heavy (non-hydrogen) atoms. The minimum absolute atomic E-state index is 0.0892. The number of benzene rings is 1. The van der Waals surface area contributed by atoms with Crippen molar-refractivity contribution in [2.45, 2.75) is 57.3 Å². The Kier molecular flexibility index (Phi) is 6.05. The van der Waals surface area contributed by atoms with E-state index in [1.54, 1.807) is 11.8 Å². The van der Waals surface area contributed by atoms with Crippen molar-refractivity contribution in [1.29, 1.82) is 0 Å². The number of urea groups is 1. The number of anilines is 1. The Labute approximate surface area is 184 Å².